The quantitative estimate of drug-likeness (QED) is 0.761. The van der Waals surface area contributed by atoms with E-state index in [2.05, 4.69) is 18.9 Å². The fourth-order valence-electron chi connectivity index (χ4n) is 2.98. The highest BCUT2D eigenvalue weighted by Gasteiger charge is 2.32. The molecule has 0 saturated carbocycles. The number of aromatic amines is 1. The number of aromatic nitrogens is 4. The summed E-state index contributed by atoms with van der Waals surface area (Å²) in [6, 6.07) is 5.09. The Morgan fingerprint density at radius 1 is 1.35 bits per heavy atom. The second-order valence-electron chi connectivity index (χ2n) is 5.87. The average molecular weight is 349 g/mol. The molecular formula is C14H15N5O2S2. The molecular weight excluding hydrogens is 334 g/mol. The van der Waals surface area contributed by atoms with Crippen LogP contribution in [0.25, 0.3) is 11.0 Å². The van der Waals surface area contributed by atoms with Crippen molar-refractivity contribution in [3.05, 3.63) is 35.7 Å². The van der Waals surface area contributed by atoms with Crippen molar-refractivity contribution in [3.8, 4) is 0 Å². The normalized spacial score (nSPS) is 19.6. The number of nitrogens with zero attached hydrogens (tertiary/aromatic N) is 4. The maximum atomic E-state index is 13.2. The molecule has 1 aliphatic rings. The highest BCUT2D eigenvalue weighted by atomic mass is 32.2. The number of benzene rings is 1. The van der Waals surface area contributed by atoms with Gasteiger partial charge in [-0.1, -0.05) is 13.0 Å². The molecule has 0 spiro atoms. The van der Waals surface area contributed by atoms with Gasteiger partial charge in [-0.15, -0.1) is 0 Å². The minimum Gasteiger partial charge on any atom is -0.282 e. The van der Waals surface area contributed by atoms with E-state index in [0.29, 0.717) is 24.1 Å². The standard InChI is InChI=1S/C14H15N5O2S2/c1-9-5-12-10(6-15-16-12)8-19(7-9)23(20,21)13-4-2-3-11-14(13)18-22-17-11/h2-4,6,9H,5,7-8H2,1H3,(H,15,16). The van der Waals surface area contributed by atoms with Gasteiger partial charge in [0.05, 0.1) is 17.9 Å². The molecule has 1 aromatic carbocycles. The Hall–Kier alpha value is -1.84. The van der Waals surface area contributed by atoms with Crippen molar-refractivity contribution in [1.29, 1.82) is 0 Å². The Balaban J connectivity index is 1.81. The molecule has 2 aromatic heterocycles. The SMILES string of the molecule is CC1Cc2[nH]ncc2CN(S(=O)(=O)c2cccc3nsnc23)C1. The van der Waals surface area contributed by atoms with Crippen molar-refractivity contribution >= 4 is 32.8 Å². The van der Waals surface area contributed by atoms with Crippen molar-refractivity contribution in [2.75, 3.05) is 6.54 Å². The Kier molecular flexibility index (Phi) is 3.43. The van der Waals surface area contributed by atoms with Crippen LogP contribution in [0.1, 0.15) is 18.2 Å². The van der Waals surface area contributed by atoms with Crippen LogP contribution in [0.5, 0.6) is 0 Å². The summed E-state index contributed by atoms with van der Waals surface area (Å²) >= 11 is 1.03. The average Bonchev–Trinajstić information content (AvgIpc) is 3.12. The maximum absolute atomic E-state index is 13.2. The number of rotatable bonds is 2. The second-order valence-corrected chi connectivity index (χ2v) is 8.30. The summed E-state index contributed by atoms with van der Waals surface area (Å²) in [4.78, 5) is 0.225. The smallest absolute Gasteiger partial charge is 0.245 e. The predicted molar refractivity (Wildman–Crippen MR) is 86.5 cm³/mol. The van der Waals surface area contributed by atoms with E-state index in [1.807, 2.05) is 6.92 Å². The fourth-order valence-corrected chi connectivity index (χ4v) is 5.27. The van der Waals surface area contributed by atoms with Crippen LogP contribution < -0.4 is 0 Å². The van der Waals surface area contributed by atoms with E-state index in [-0.39, 0.29) is 10.8 Å². The maximum Gasteiger partial charge on any atom is 0.245 e. The Morgan fingerprint density at radius 2 is 2.22 bits per heavy atom. The van der Waals surface area contributed by atoms with Gasteiger partial charge >= 0.3 is 0 Å². The van der Waals surface area contributed by atoms with Gasteiger partial charge in [0.15, 0.2) is 0 Å². The molecule has 4 rings (SSSR count). The number of hydrogen-bond acceptors (Lipinski definition) is 6. The molecule has 23 heavy (non-hydrogen) atoms. The zero-order valence-electron chi connectivity index (χ0n) is 12.4. The lowest BCUT2D eigenvalue weighted by Crippen LogP contribution is -2.33. The third-order valence-electron chi connectivity index (χ3n) is 4.09. The van der Waals surface area contributed by atoms with Crippen molar-refractivity contribution < 1.29 is 8.42 Å². The lowest BCUT2D eigenvalue weighted by molar-refractivity contribution is 0.362. The van der Waals surface area contributed by atoms with E-state index in [1.54, 1.807) is 24.4 Å². The second kappa shape index (κ2) is 5.36. The summed E-state index contributed by atoms with van der Waals surface area (Å²) in [5, 5.41) is 7.02. The van der Waals surface area contributed by atoms with Gasteiger partial charge in [0.1, 0.15) is 15.9 Å². The molecule has 3 aromatic rings. The van der Waals surface area contributed by atoms with Gasteiger partial charge in [-0.05, 0) is 24.5 Å². The molecule has 0 bridgehead atoms. The summed E-state index contributed by atoms with van der Waals surface area (Å²) in [7, 11) is -3.64. The van der Waals surface area contributed by atoms with Crippen LogP contribution in [0.3, 0.4) is 0 Å². The molecule has 0 amide bonds. The zero-order chi connectivity index (χ0) is 16.0. The molecule has 0 fully saturated rings. The summed E-state index contributed by atoms with van der Waals surface area (Å²) in [6.45, 7) is 2.84. The van der Waals surface area contributed by atoms with Crippen LogP contribution in [0.2, 0.25) is 0 Å². The Labute approximate surface area is 137 Å². The van der Waals surface area contributed by atoms with Gasteiger partial charge in [-0.25, -0.2) is 8.42 Å². The highest BCUT2D eigenvalue weighted by molar-refractivity contribution is 7.89. The van der Waals surface area contributed by atoms with Gasteiger partial charge in [0.25, 0.3) is 0 Å². The molecule has 7 nitrogen and oxygen atoms in total. The summed E-state index contributed by atoms with van der Waals surface area (Å²) in [5.74, 6) is 0.208. The minimum absolute atomic E-state index is 0.208. The first kappa shape index (κ1) is 14.7. The molecule has 3 heterocycles. The van der Waals surface area contributed by atoms with Crippen LogP contribution in [0, 0.1) is 5.92 Å². The van der Waals surface area contributed by atoms with Gasteiger partial charge in [-0.3, -0.25) is 5.10 Å². The number of fused-ring (bicyclic) bond motifs is 2. The zero-order valence-corrected chi connectivity index (χ0v) is 14.1. The highest BCUT2D eigenvalue weighted by Crippen LogP contribution is 2.29. The number of sulfonamides is 1. The first-order valence-corrected chi connectivity index (χ1v) is 9.45. The topological polar surface area (TPSA) is 91.8 Å². The van der Waals surface area contributed by atoms with E-state index >= 15 is 0 Å². The lowest BCUT2D eigenvalue weighted by atomic mass is 10.1. The lowest BCUT2D eigenvalue weighted by Gasteiger charge is -2.22. The number of hydrogen-bond donors (Lipinski definition) is 1. The van der Waals surface area contributed by atoms with Crippen molar-refractivity contribution in [2.24, 2.45) is 5.92 Å². The van der Waals surface area contributed by atoms with Crippen LogP contribution in [-0.4, -0.2) is 38.2 Å². The summed E-state index contributed by atoms with van der Waals surface area (Å²) in [5.41, 5.74) is 3.01. The van der Waals surface area contributed by atoms with Crippen LogP contribution in [-0.2, 0) is 23.0 Å². The van der Waals surface area contributed by atoms with Crippen LogP contribution in [0.15, 0.2) is 29.3 Å². The predicted octanol–water partition coefficient (Wildman–Crippen LogP) is 1.80. The monoisotopic (exact) mass is 349 g/mol. The first-order chi connectivity index (χ1) is 11.1. The van der Waals surface area contributed by atoms with E-state index in [1.165, 1.54) is 4.31 Å². The van der Waals surface area contributed by atoms with Gasteiger partial charge in [0, 0.05) is 24.3 Å². The Bertz CT molecular complexity index is 962. The number of H-pyrrole nitrogens is 1. The van der Waals surface area contributed by atoms with Crippen molar-refractivity contribution in [3.63, 3.8) is 0 Å². The summed E-state index contributed by atoms with van der Waals surface area (Å²) < 4.78 is 36.1. The van der Waals surface area contributed by atoms with Gasteiger partial charge in [0.2, 0.25) is 10.0 Å². The van der Waals surface area contributed by atoms with E-state index in [4.69, 9.17) is 0 Å². The van der Waals surface area contributed by atoms with E-state index in [9.17, 15) is 8.42 Å². The van der Waals surface area contributed by atoms with Crippen LogP contribution >= 0.6 is 11.7 Å². The van der Waals surface area contributed by atoms with Crippen molar-refractivity contribution in [1.82, 2.24) is 23.2 Å². The van der Waals surface area contributed by atoms with Gasteiger partial charge in [-0.2, -0.15) is 18.2 Å². The van der Waals surface area contributed by atoms with E-state index < -0.39 is 10.0 Å². The first-order valence-electron chi connectivity index (χ1n) is 7.28. The molecule has 0 saturated heterocycles. The molecule has 1 atom stereocenters. The fraction of sp³-hybridized carbons (Fsp3) is 0.357. The van der Waals surface area contributed by atoms with Gasteiger partial charge < -0.3 is 0 Å². The summed E-state index contributed by atoms with van der Waals surface area (Å²) in [6.07, 6.45) is 2.50. The third-order valence-corrected chi connectivity index (χ3v) is 6.47. The molecule has 0 radical (unpaired) electrons. The third kappa shape index (κ3) is 2.44. The Morgan fingerprint density at radius 3 is 3.09 bits per heavy atom. The molecule has 1 aliphatic heterocycles. The molecule has 9 heteroatoms. The van der Waals surface area contributed by atoms with Crippen molar-refractivity contribution in [2.45, 2.75) is 24.8 Å². The van der Waals surface area contributed by atoms with E-state index in [0.717, 1.165) is 29.4 Å². The largest absolute Gasteiger partial charge is 0.282 e. The molecule has 0 aliphatic carbocycles. The molecule has 1 unspecified atom stereocenters. The number of nitrogens with one attached hydrogen (secondary N) is 1. The minimum atomic E-state index is -3.64. The molecule has 1 N–H and O–H groups in total. The molecule has 120 valence electrons. The van der Waals surface area contributed by atoms with Crippen LogP contribution in [0.4, 0.5) is 0 Å².